The van der Waals surface area contributed by atoms with Gasteiger partial charge in [-0.05, 0) is 24.3 Å². The maximum absolute atomic E-state index is 13.0. The summed E-state index contributed by atoms with van der Waals surface area (Å²) in [6, 6.07) is 24.1. The summed E-state index contributed by atoms with van der Waals surface area (Å²) in [7, 11) is 3.07. The number of amides is 1. The summed E-state index contributed by atoms with van der Waals surface area (Å²) in [5.74, 6) is 1.37. The van der Waals surface area contributed by atoms with E-state index in [0.717, 1.165) is 11.1 Å². The Balaban J connectivity index is 1.73. The van der Waals surface area contributed by atoms with Crippen LogP contribution in [0.15, 0.2) is 83.3 Å². The Bertz CT molecular complexity index is 1130. The molecule has 0 atom stereocenters. The molecule has 6 nitrogen and oxygen atoms in total. The fourth-order valence-corrected chi connectivity index (χ4v) is 3.01. The van der Waals surface area contributed by atoms with E-state index in [1.54, 1.807) is 18.2 Å². The van der Waals surface area contributed by atoms with Crippen LogP contribution in [0.25, 0.3) is 22.7 Å². The van der Waals surface area contributed by atoms with Crippen LogP contribution >= 0.6 is 0 Å². The highest BCUT2D eigenvalue weighted by Gasteiger charge is 2.20. The molecule has 0 aliphatic heterocycles. The van der Waals surface area contributed by atoms with E-state index in [9.17, 15) is 4.79 Å². The van der Waals surface area contributed by atoms with E-state index < -0.39 is 0 Å². The number of oxazole rings is 1. The first-order chi connectivity index (χ1) is 14.7. The highest BCUT2D eigenvalue weighted by molar-refractivity contribution is 6.05. The summed E-state index contributed by atoms with van der Waals surface area (Å²) in [6.07, 6.45) is 0. The number of carbonyl (C=O) groups is 1. The van der Waals surface area contributed by atoms with Crippen molar-refractivity contribution in [2.24, 2.45) is 0 Å². The Hall–Kier alpha value is -4.06. The largest absolute Gasteiger partial charge is 0.497 e. The van der Waals surface area contributed by atoms with Crippen LogP contribution in [-0.4, -0.2) is 25.1 Å². The Labute approximate surface area is 174 Å². The maximum Gasteiger partial charge on any atom is 0.258 e. The van der Waals surface area contributed by atoms with Crippen LogP contribution in [0, 0.1) is 0 Å². The van der Waals surface area contributed by atoms with E-state index >= 15 is 0 Å². The van der Waals surface area contributed by atoms with Gasteiger partial charge in [0.2, 0.25) is 11.8 Å². The van der Waals surface area contributed by atoms with Gasteiger partial charge in [-0.3, -0.25) is 10.1 Å². The van der Waals surface area contributed by atoms with Gasteiger partial charge in [0.25, 0.3) is 5.91 Å². The third kappa shape index (κ3) is 4.03. The molecule has 0 saturated heterocycles. The van der Waals surface area contributed by atoms with Crippen molar-refractivity contribution in [1.82, 2.24) is 4.98 Å². The van der Waals surface area contributed by atoms with Gasteiger partial charge in [-0.2, -0.15) is 0 Å². The number of carbonyl (C=O) groups excluding carboxylic acids is 1. The zero-order chi connectivity index (χ0) is 20.9. The molecule has 0 aliphatic carbocycles. The Kier molecular flexibility index (Phi) is 5.48. The van der Waals surface area contributed by atoms with Gasteiger partial charge >= 0.3 is 0 Å². The van der Waals surface area contributed by atoms with Crippen molar-refractivity contribution in [1.29, 1.82) is 0 Å². The van der Waals surface area contributed by atoms with Crippen molar-refractivity contribution in [3.05, 3.63) is 84.4 Å². The van der Waals surface area contributed by atoms with Gasteiger partial charge in [-0.25, -0.2) is 4.98 Å². The van der Waals surface area contributed by atoms with Crippen LogP contribution in [0.1, 0.15) is 10.4 Å². The van der Waals surface area contributed by atoms with Crippen LogP contribution in [0.2, 0.25) is 0 Å². The first kappa shape index (κ1) is 19.3. The molecule has 4 aromatic rings. The lowest BCUT2D eigenvalue weighted by Gasteiger charge is -2.08. The highest BCUT2D eigenvalue weighted by Crippen LogP contribution is 2.33. The van der Waals surface area contributed by atoms with E-state index in [1.807, 2.05) is 60.7 Å². The zero-order valence-corrected chi connectivity index (χ0v) is 16.6. The van der Waals surface area contributed by atoms with Crippen molar-refractivity contribution in [2.75, 3.05) is 19.5 Å². The first-order valence-electron chi connectivity index (χ1n) is 9.34. The fraction of sp³-hybridized carbons (Fsp3) is 0.0833. The molecule has 0 fully saturated rings. The monoisotopic (exact) mass is 400 g/mol. The predicted molar refractivity (Wildman–Crippen MR) is 115 cm³/mol. The minimum absolute atomic E-state index is 0.270. The molecule has 0 spiro atoms. The number of methoxy groups -OCH3 is 2. The minimum atomic E-state index is -0.361. The molecule has 0 aliphatic rings. The quantitative estimate of drug-likeness (QED) is 0.477. The summed E-state index contributed by atoms with van der Waals surface area (Å²) in [5.41, 5.74) is 2.58. The van der Waals surface area contributed by atoms with E-state index in [0.29, 0.717) is 28.6 Å². The zero-order valence-electron chi connectivity index (χ0n) is 16.6. The number of ether oxygens (including phenoxy) is 2. The summed E-state index contributed by atoms with van der Waals surface area (Å²) in [5, 5.41) is 2.84. The summed E-state index contributed by atoms with van der Waals surface area (Å²) < 4.78 is 16.5. The van der Waals surface area contributed by atoms with E-state index in [-0.39, 0.29) is 11.8 Å². The van der Waals surface area contributed by atoms with E-state index in [1.165, 1.54) is 14.2 Å². The molecule has 6 heteroatoms. The van der Waals surface area contributed by atoms with Gasteiger partial charge in [0, 0.05) is 22.8 Å². The third-order valence-corrected chi connectivity index (χ3v) is 4.54. The van der Waals surface area contributed by atoms with E-state index in [4.69, 9.17) is 13.9 Å². The van der Waals surface area contributed by atoms with Crippen molar-refractivity contribution in [3.63, 3.8) is 0 Å². The van der Waals surface area contributed by atoms with Gasteiger partial charge in [-0.15, -0.1) is 0 Å². The second-order valence-corrected chi connectivity index (χ2v) is 6.48. The molecule has 0 bridgehead atoms. The Morgan fingerprint density at radius 2 is 1.40 bits per heavy atom. The number of rotatable bonds is 6. The molecule has 1 heterocycles. The number of benzene rings is 3. The number of hydrogen-bond donors (Lipinski definition) is 1. The predicted octanol–water partition coefficient (Wildman–Crippen LogP) is 5.28. The topological polar surface area (TPSA) is 73.6 Å². The lowest BCUT2D eigenvalue weighted by Crippen LogP contribution is -2.12. The lowest BCUT2D eigenvalue weighted by molar-refractivity contribution is 0.102. The molecule has 0 radical (unpaired) electrons. The standard InChI is InChI=1S/C24H20N2O4/c1-28-19-13-18(14-20(15-19)29-2)22(27)26-24-21(16-9-5-3-6-10-16)25-23(30-24)17-11-7-4-8-12-17/h3-15H,1-2H3,(H,26,27). The molecular weight excluding hydrogens is 380 g/mol. The second kappa shape index (κ2) is 8.53. The average Bonchev–Trinajstić information content (AvgIpc) is 3.23. The van der Waals surface area contributed by atoms with Crippen molar-refractivity contribution in [3.8, 4) is 34.2 Å². The number of nitrogens with zero attached hydrogens (tertiary/aromatic N) is 1. The molecule has 150 valence electrons. The highest BCUT2D eigenvalue weighted by atomic mass is 16.5. The molecule has 0 unspecified atom stereocenters. The van der Waals surface area contributed by atoms with Crippen molar-refractivity contribution < 1.29 is 18.7 Å². The second-order valence-electron chi connectivity index (χ2n) is 6.48. The van der Waals surface area contributed by atoms with Crippen molar-refractivity contribution in [2.45, 2.75) is 0 Å². The molecule has 1 amide bonds. The molecule has 0 saturated carbocycles. The first-order valence-corrected chi connectivity index (χ1v) is 9.34. The molecule has 30 heavy (non-hydrogen) atoms. The van der Waals surface area contributed by atoms with Crippen LogP contribution in [0.5, 0.6) is 11.5 Å². The minimum Gasteiger partial charge on any atom is -0.497 e. The number of hydrogen-bond acceptors (Lipinski definition) is 5. The van der Waals surface area contributed by atoms with Crippen LogP contribution in [-0.2, 0) is 0 Å². The van der Waals surface area contributed by atoms with E-state index in [2.05, 4.69) is 10.3 Å². The maximum atomic E-state index is 13.0. The SMILES string of the molecule is COc1cc(OC)cc(C(=O)Nc2oc(-c3ccccc3)nc2-c2ccccc2)c1. The van der Waals surface area contributed by atoms with Gasteiger partial charge < -0.3 is 13.9 Å². The summed E-state index contributed by atoms with van der Waals surface area (Å²) >= 11 is 0. The third-order valence-electron chi connectivity index (χ3n) is 4.54. The van der Waals surface area contributed by atoms with Gasteiger partial charge in [0.15, 0.2) is 0 Å². The summed E-state index contributed by atoms with van der Waals surface area (Å²) in [4.78, 5) is 17.6. The average molecular weight is 400 g/mol. The molecule has 4 rings (SSSR count). The van der Waals surface area contributed by atoms with Gasteiger partial charge in [-0.1, -0.05) is 48.5 Å². The van der Waals surface area contributed by atoms with Crippen LogP contribution in [0.4, 0.5) is 5.88 Å². The smallest absolute Gasteiger partial charge is 0.258 e. The molecule has 1 aromatic heterocycles. The number of aromatic nitrogens is 1. The number of anilines is 1. The molecule has 1 N–H and O–H groups in total. The number of nitrogens with one attached hydrogen (secondary N) is 1. The van der Waals surface area contributed by atoms with Gasteiger partial charge in [0.1, 0.15) is 17.2 Å². The van der Waals surface area contributed by atoms with Crippen LogP contribution < -0.4 is 14.8 Å². The molecular formula is C24H20N2O4. The Morgan fingerprint density at radius 3 is 1.97 bits per heavy atom. The fourth-order valence-electron chi connectivity index (χ4n) is 3.01. The Morgan fingerprint density at radius 1 is 0.833 bits per heavy atom. The van der Waals surface area contributed by atoms with Crippen molar-refractivity contribution >= 4 is 11.8 Å². The molecule has 3 aromatic carbocycles. The summed E-state index contributed by atoms with van der Waals surface area (Å²) in [6.45, 7) is 0. The normalized spacial score (nSPS) is 10.5. The van der Waals surface area contributed by atoms with Crippen LogP contribution in [0.3, 0.4) is 0 Å². The lowest BCUT2D eigenvalue weighted by atomic mass is 10.1. The van der Waals surface area contributed by atoms with Gasteiger partial charge in [0.05, 0.1) is 14.2 Å².